The third kappa shape index (κ3) is 2.35. The van der Waals surface area contributed by atoms with Gasteiger partial charge in [-0.1, -0.05) is 0 Å². The summed E-state index contributed by atoms with van der Waals surface area (Å²) in [4.78, 5) is 14.0. The Morgan fingerprint density at radius 2 is 2.00 bits per heavy atom. The van der Waals surface area contributed by atoms with Gasteiger partial charge in [-0.3, -0.25) is 9.78 Å². The van der Waals surface area contributed by atoms with E-state index >= 15 is 0 Å². The Balaban J connectivity index is 3.35. The number of hydrogen-bond donors (Lipinski definition) is 0. The Morgan fingerprint density at radius 1 is 1.43 bits per heavy atom. The van der Waals surface area contributed by atoms with Gasteiger partial charge in [-0.05, 0) is 34.2 Å². The maximum absolute atomic E-state index is 12.3. The monoisotopic (exact) mass is 335 g/mol. The van der Waals surface area contributed by atoms with Crippen molar-refractivity contribution in [2.24, 2.45) is 0 Å². The van der Waals surface area contributed by atoms with E-state index in [-0.39, 0.29) is 9.13 Å². The standard InChI is InChI=1S/C7H2ClF3INO/c8-6(14)3-1-13-2-4(5(3)12)7(9,10)11/h1-2H. The molecule has 0 aliphatic carbocycles. The topological polar surface area (TPSA) is 30.0 Å². The molecule has 0 aromatic carbocycles. The van der Waals surface area contributed by atoms with Crippen LogP contribution in [0.1, 0.15) is 15.9 Å². The highest BCUT2D eigenvalue weighted by molar-refractivity contribution is 14.1. The zero-order valence-electron chi connectivity index (χ0n) is 6.40. The van der Waals surface area contributed by atoms with Gasteiger partial charge in [0.15, 0.2) is 0 Å². The molecule has 0 unspecified atom stereocenters. The van der Waals surface area contributed by atoms with E-state index in [1.54, 1.807) is 0 Å². The molecule has 0 N–H and O–H groups in total. The Hall–Kier alpha value is -0.370. The van der Waals surface area contributed by atoms with Gasteiger partial charge in [0.2, 0.25) is 0 Å². The van der Waals surface area contributed by atoms with Crippen LogP contribution in [-0.2, 0) is 6.18 Å². The van der Waals surface area contributed by atoms with Crippen LogP contribution in [0.15, 0.2) is 12.4 Å². The first-order valence-electron chi connectivity index (χ1n) is 3.24. The Kier molecular flexibility index (Phi) is 3.36. The summed E-state index contributed by atoms with van der Waals surface area (Å²) in [6, 6.07) is 0. The molecule has 0 aliphatic rings. The number of carbonyl (C=O) groups is 1. The second-order valence-corrected chi connectivity index (χ2v) is 3.74. The summed E-state index contributed by atoms with van der Waals surface area (Å²) in [6.45, 7) is 0. The molecule has 0 radical (unpaired) electrons. The largest absolute Gasteiger partial charge is 0.418 e. The van der Waals surface area contributed by atoms with E-state index in [9.17, 15) is 18.0 Å². The van der Waals surface area contributed by atoms with Crippen LogP contribution in [-0.4, -0.2) is 10.2 Å². The van der Waals surface area contributed by atoms with Gasteiger partial charge >= 0.3 is 6.18 Å². The number of nitrogens with zero attached hydrogens (tertiary/aromatic N) is 1. The molecule has 0 saturated carbocycles. The highest BCUT2D eigenvalue weighted by Gasteiger charge is 2.34. The van der Waals surface area contributed by atoms with Crippen LogP contribution in [0.2, 0.25) is 0 Å². The van der Waals surface area contributed by atoms with Gasteiger partial charge in [-0.15, -0.1) is 0 Å². The van der Waals surface area contributed by atoms with E-state index in [0.717, 1.165) is 6.20 Å². The van der Waals surface area contributed by atoms with Crippen LogP contribution >= 0.6 is 34.2 Å². The van der Waals surface area contributed by atoms with Gasteiger partial charge in [0.25, 0.3) is 5.24 Å². The van der Waals surface area contributed by atoms with Gasteiger partial charge in [-0.2, -0.15) is 13.2 Å². The first-order chi connectivity index (χ1) is 6.34. The number of rotatable bonds is 1. The maximum Gasteiger partial charge on any atom is 0.418 e. The normalized spacial score (nSPS) is 11.5. The summed E-state index contributed by atoms with van der Waals surface area (Å²) < 4.78 is 36.6. The van der Waals surface area contributed by atoms with Crippen LogP contribution in [0, 0.1) is 3.57 Å². The van der Waals surface area contributed by atoms with Crippen molar-refractivity contribution in [3.8, 4) is 0 Å². The number of halogens is 5. The van der Waals surface area contributed by atoms with Crippen LogP contribution in [0.3, 0.4) is 0 Å². The minimum atomic E-state index is -4.52. The minimum Gasteiger partial charge on any atom is -0.276 e. The van der Waals surface area contributed by atoms with Crippen molar-refractivity contribution in [1.82, 2.24) is 4.98 Å². The van der Waals surface area contributed by atoms with Crippen molar-refractivity contribution < 1.29 is 18.0 Å². The van der Waals surface area contributed by atoms with Crippen LogP contribution < -0.4 is 0 Å². The summed E-state index contributed by atoms with van der Waals surface area (Å²) in [5, 5.41) is -0.951. The number of hydrogen-bond acceptors (Lipinski definition) is 2. The quantitative estimate of drug-likeness (QED) is 0.583. The molecule has 1 aromatic rings. The van der Waals surface area contributed by atoms with Gasteiger partial charge < -0.3 is 0 Å². The SMILES string of the molecule is O=C(Cl)c1cncc(C(F)(F)F)c1I. The molecule has 0 spiro atoms. The first-order valence-corrected chi connectivity index (χ1v) is 4.70. The number of carbonyl (C=O) groups excluding carboxylic acids is 1. The highest BCUT2D eigenvalue weighted by atomic mass is 127. The third-order valence-electron chi connectivity index (χ3n) is 1.40. The second kappa shape index (κ2) is 4.01. The lowest BCUT2D eigenvalue weighted by Gasteiger charge is -2.09. The van der Waals surface area contributed by atoms with E-state index < -0.39 is 17.0 Å². The molecule has 0 aliphatic heterocycles. The number of alkyl halides is 3. The lowest BCUT2D eigenvalue weighted by atomic mass is 10.2. The molecule has 7 heteroatoms. The predicted octanol–water partition coefficient (Wildman–Crippen LogP) is 3.08. The van der Waals surface area contributed by atoms with Crippen LogP contribution in [0.4, 0.5) is 13.2 Å². The fourth-order valence-electron chi connectivity index (χ4n) is 0.779. The fraction of sp³-hybridized carbons (Fsp3) is 0.143. The summed E-state index contributed by atoms with van der Waals surface area (Å²) in [7, 11) is 0. The van der Waals surface area contributed by atoms with E-state index in [4.69, 9.17) is 11.6 Å². The summed E-state index contributed by atoms with van der Waals surface area (Å²) in [5.41, 5.74) is -1.19. The van der Waals surface area contributed by atoms with Crippen molar-refractivity contribution >= 4 is 39.4 Å². The molecule has 1 heterocycles. The summed E-state index contributed by atoms with van der Waals surface area (Å²) in [5.74, 6) is 0. The number of aromatic nitrogens is 1. The molecule has 1 aromatic heterocycles. The Morgan fingerprint density at radius 3 is 2.43 bits per heavy atom. The van der Waals surface area contributed by atoms with Gasteiger partial charge in [0.1, 0.15) is 0 Å². The molecule has 2 nitrogen and oxygen atoms in total. The highest BCUT2D eigenvalue weighted by Crippen LogP contribution is 2.33. The molecular formula is C7H2ClF3INO. The van der Waals surface area contributed by atoms with E-state index in [1.807, 2.05) is 0 Å². The average molecular weight is 335 g/mol. The fourth-order valence-corrected chi connectivity index (χ4v) is 1.91. The van der Waals surface area contributed by atoms with Crippen LogP contribution in [0.5, 0.6) is 0 Å². The molecule has 0 bridgehead atoms. The zero-order valence-corrected chi connectivity index (χ0v) is 9.31. The smallest absolute Gasteiger partial charge is 0.276 e. The van der Waals surface area contributed by atoms with Gasteiger partial charge in [0, 0.05) is 16.0 Å². The first kappa shape index (κ1) is 11.7. The molecule has 14 heavy (non-hydrogen) atoms. The van der Waals surface area contributed by atoms with Crippen molar-refractivity contribution in [3.63, 3.8) is 0 Å². The van der Waals surface area contributed by atoms with E-state index in [2.05, 4.69) is 4.98 Å². The molecule has 76 valence electrons. The molecule has 0 amide bonds. The zero-order chi connectivity index (χ0) is 10.9. The van der Waals surface area contributed by atoms with Crippen molar-refractivity contribution in [3.05, 3.63) is 27.1 Å². The molecule has 0 atom stereocenters. The van der Waals surface area contributed by atoms with Gasteiger partial charge in [-0.25, -0.2) is 0 Å². The maximum atomic E-state index is 12.3. The average Bonchev–Trinajstić information content (AvgIpc) is 2.01. The Bertz CT molecular complexity index is 380. The second-order valence-electron chi connectivity index (χ2n) is 2.32. The summed E-state index contributed by atoms with van der Waals surface area (Å²) >= 11 is 6.50. The van der Waals surface area contributed by atoms with E-state index in [0.29, 0.717) is 6.20 Å². The number of pyridine rings is 1. The van der Waals surface area contributed by atoms with Crippen molar-refractivity contribution in [1.29, 1.82) is 0 Å². The van der Waals surface area contributed by atoms with Gasteiger partial charge in [0.05, 0.1) is 11.1 Å². The molecular weight excluding hydrogens is 333 g/mol. The molecule has 0 saturated heterocycles. The lowest BCUT2D eigenvalue weighted by Crippen LogP contribution is -2.11. The minimum absolute atomic E-state index is 0.231. The third-order valence-corrected chi connectivity index (χ3v) is 2.76. The van der Waals surface area contributed by atoms with Crippen molar-refractivity contribution in [2.45, 2.75) is 6.18 Å². The van der Waals surface area contributed by atoms with Crippen LogP contribution in [0.25, 0.3) is 0 Å². The van der Waals surface area contributed by atoms with Crippen molar-refractivity contribution in [2.75, 3.05) is 0 Å². The molecule has 1 rings (SSSR count). The molecule has 0 fully saturated rings. The lowest BCUT2D eigenvalue weighted by molar-refractivity contribution is -0.138. The Labute approximate surface area is 95.6 Å². The van der Waals surface area contributed by atoms with E-state index in [1.165, 1.54) is 22.6 Å². The summed E-state index contributed by atoms with van der Waals surface area (Å²) in [6.07, 6.45) is -2.86. The predicted molar refractivity (Wildman–Crippen MR) is 52.1 cm³/mol.